The first-order valence-corrected chi connectivity index (χ1v) is 10.3. The average Bonchev–Trinajstić information content (AvgIpc) is 2.79. The Morgan fingerprint density at radius 2 is 1.26 bits per heavy atom. The van der Waals surface area contributed by atoms with Gasteiger partial charge in [0.15, 0.2) is 0 Å². The average molecular weight is 427 g/mol. The van der Waals surface area contributed by atoms with Gasteiger partial charge in [0.1, 0.15) is 37.9 Å². The van der Waals surface area contributed by atoms with Gasteiger partial charge < -0.3 is 18.9 Å². The molecule has 0 aliphatic carbocycles. The van der Waals surface area contributed by atoms with Crippen molar-refractivity contribution in [3.63, 3.8) is 0 Å². The molecule has 0 saturated heterocycles. The van der Waals surface area contributed by atoms with Crippen molar-refractivity contribution in [1.29, 1.82) is 0 Å². The van der Waals surface area contributed by atoms with Crippen molar-refractivity contribution >= 4 is 11.9 Å². The third-order valence-corrected chi connectivity index (χ3v) is 4.82. The largest absolute Gasteiger partial charge is 0.490 e. The highest BCUT2D eigenvalue weighted by Crippen LogP contribution is 2.33. The van der Waals surface area contributed by atoms with Crippen LogP contribution in [0.4, 0.5) is 0 Å². The number of carbonyl (C=O) groups is 2. The maximum atomic E-state index is 11.1. The van der Waals surface area contributed by atoms with Crippen LogP contribution < -0.4 is 9.47 Å². The standard InChI is InChI=1S/C25H30O6/c1-5-23(26)30-17-15-28-21-11-7-19(8-12-21)25(3,4)20-9-13-22(14-10-20)29-16-18-31-24(27)6-2/h5,7-14H,1,6,15-18H2,2-4H3. The Labute approximate surface area is 183 Å². The van der Waals surface area contributed by atoms with Gasteiger partial charge in [-0.1, -0.05) is 51.6 Å². The van der Waals surface area contributed by atoms with Crippen molar-refractivity contribution in [3.8, 4) is 11.5 Å². The molecule has 0 aliphatic heterocycles. The fourth-order valence-electron chi connectivity index (χ4n) is 2.88. The van der Waals surface area contributed by atoms with Gasteiger partial charge in [-0.15, -0.1) is 0 Å². The Morgan fingerprint density at radius 1 is 0.806 bits per heavy atom. The number of benzene rings is 2. The van der Waals surface area contributed by atoms with Crippen LogP contribution in [0.2, 0.25) is 0 Å². The van der Waals surface area contributed by atoms with Gasteiger partial charge >= 0.3 is 11.9 Å². The lowest BCUT2D eigenvalue weighted by molar-refractivity contribution is -0.144. The van der Waals surface area contributed by atoms with Crippen LogP contribution in [0.1, 0.15) is 38.3 Å². The number of rotatable bonds is 12. The molecule has 0 N–H and O–H groups in total. The van der Waals surface area contributed by atoms with Gasteiger partial charge in [0.05, 0.1) is 0 Å². The summed E-state index contributed by atoms with van der Waals surface area (Å²) in [5.74, 6) is 0.750. The summed E-state index contributed by atoms with van der Waals surface area (Å²) in [5.41, 5.74) is 2.06. The molecule has 2 aromatic carbocycles. The van der Waals surface area contributed by atoms with Crippen molar-refractivity contribution in [3.05, 3.63) is 72.3 Å². The molecule has 0 saturated carbocycles. The van der Waals surface area contributed by atoms with Gasteiger partial charge in [-0.05, 0) is 35.4 Å². The lowest BCUT2D eigenvalue weighted by atomic mass is 9.78. The van der Waals surface area contributed by atoms with E-state index >= 15 is 0 Å². The van der Waals surface area contributed by atoms with E-state index in [2.05, 4.69) is 20.4 Å². The first kappa shape index (κ1) is 24.0. The summed E-state index contributed by atoms with van der Waals surface area (Å²) >= 11 is 0. The first-order chi connectivity index (χ1) is 14.9. The van der Waals surface area contributed by atoms with E-state index < -0.39 is 5.97 Å². The van der Waals surface area contributed by atoms with Gasteiger partial charge in [-0.3, -0.25) is 4.79 Å². The van der Waals surface area contributed by atoms with Crippen LogP contribution in [0.15, 0.2) is 61.2 Å². The molecule has 166 valence electrons. The SMILES string of the molecule is C=CC(=O)OCCOc1ccc(C(C)(C)c2ccc(OCCOC(=O)CC)cc2)cc1. The molecule has 6 nitrogen and oxygen atoms in total. The second-order valence-electron chi connectivity index (χ2n) is 7.32. The van der Waals surface area contributed by atoms with Crippen molar-refractivity contribution in [2.75, 3.05) is 26.4 Å². The maximum absolute atomic E-state index is 11.1. The smallest absolute Gasteiger partial charge is 0.330 e. The van der Waals surface area contributed by atoms with Crippen molar-refractivity contribution in [2.45, 2.75) is 32.6 Å². The van der Waals surface area contributed by atoms with Gasteiger partial charge in [-0.25, -0.2) is 4.79 Å². The quantitative estimate of drug-likeness (QED) is 0.284. The molecular formula is C25H30O6. The van der Waals surface area contributed by atoms with E-state index in [1.807, 2.05) is 48.5 Å². The molecule has 0 radical (unpaired) electrons. The van der Waals surface area contributed by atoms with E-state index in [0.717, 1.165) is 23.0 Å². The molecule has 0 fully saturated rings. The van der Waals surface area contributed by atoms with E-state index in [9.17, 15) is 9.59 Å². The van der Waals surface area contributed by atoms with Crippen LogP contribution in [0.3, 0.4) is 0 Å². The zero-order valence-corrected chi connectivity index (χ0v) is 18.4. The summed E-state index contributed by atoms with van der Waals surface area (Å²) in [6.45, 7) is 10.4. The summed E-state index contributed by atoms with van der Waals surface area (Å²) in [5, 5.41) is 0. The number of hydrogen-bond donors (Lipinski definition) is 0. The fraction of sp³-hybridized carbons (Fsp3) is 0.360. The molecule has 0 heterocycles. The minimum Gasteiger partial charge on any atom is -0.490 e. The highest BCUT2D eigenvalue weighted by molar-refractivity contribution is 5.81. The Morgan fingerprint density at radius 3 is 1.68 bits per heavy atom. The first-order valence-electron chi connectivity index (χ1n) is 10.3. The molecule has 6 heteroatoms. The molecule has 0 bridgehead atoms. The molecule has 2 rings (SSSR count). The van der Waals surface area contributed by atoms with E-state index in [1.165, 1.54) is 0 Å². The van der Waals surface area contributed by atoms with Gasteiger partial charge in [0.2, 0.25) is 0 Å². The van der Waals surface area contributed by atoms with E-state index in [4.69, 9.17) is 18.9 Å². The van der Waals surface area contributed by atoms with Crippen molar-refractivity contribution in [1.82, 2.24) is 0 Å². The van der Waals surface area contributed by atoms with Crippen LogP contribution in [0, 0.1) is 0 Å². The predicted molar refractivity (Wildman–Crippen MR) is 118 cm³/mol. The van der Waals surface area contributed by atoms with Crippen LogP contribution in [-0.4, -0.2) is 38.4 Å². The van der Waals surface area contributed by atoms with Crippen LogP contribution >= 0.6 is 0 Å². The third kappa shape index (κ3) is 7.48. The topological polar surface area (TPSA) is 71.1 Å². The summed E-state index contributed by atoms with van der Waals surface area (Å²) in [4.78, 5) is 22.1. The molecule has 0 spiro atoms. The number of ether oxygens (including phenoxy) is 4. The van der Waals surface area contributed by atoms with E-state index in [0.29, 0.717) is 18.8 Å². The van der Waals surface area contributed by atoms with E-state index in [1.54, 1.807) is 6.92 Å². The number of esters is 2. The molecule has 0 aliphatic rings. The second kappa shape index (κ2) is 11.8. The van der Waals surface area contributed by atoms with Gasteiger partial charge in [0.25, 0.3) is 0 Å². The molecule has 0 unspecified atom stereocenters. The van der Waals surface area contributed by atoms with Crippen LogP contribution in [0.5, 0.6) is 11.5 Å². The Bertz CT molecular complexity index is 853. The summed E-state index contributed by atoms with van der Waals surface area (Å²) in [7, 11) is 0. The molecule has 0 amide bonds. The van der Waals surface area contributed by atoms with Crippen LogP contribution in [0.25, 0.3) is 0 Å². The Kier molecular flexibility index (Phi) is 9.13. The van der Waals surface area contributed by atoms with Crippen molar-refractivity contribution < 1.29 is 28.5 Å². The molecule has 2 aromatic rings. The zero-order chi connectivity index (χ0) is 22.7. The predicted octanol–water partition coefficient (Wildman–Crippen LogP) is 4.45. The summed E-state index contributed by atoms with van der Waals surface area (Å²) in [6, 6.07) is 15.8. The fourth-order valence-corrected chi connectivity index (χ4v) is 2.88. The minimum absolute atomic E-state index is 0.174. The van der Waals surface area contributed by atoms with Gasteiger partial charge in [-0.2, -0.15) is 0 Å². The van der Waals surface area contributed by atoms with E-state index in [-0.39, 0.29) is 31.2 Å². The van der Waals surface area contributed by atoms with Crippen LogP contribution in [-0.2, 0) is 24.5 Å². The summed E-state index contributed by atoms with van der Waals surface area (Å²) in [6.07, 6.45) is 1.49. The lowest BCUT2D eigenvalue weighted by Crippen LogP contribution is -2.19. The second-order valence-corrected chi connectivity index (χ2v) is 7.32. The highest BCUT2D eigenvalue weighted by atomic mass is 16.6. The Balaban J connectivity index is 1.89. The maximum Gasteiger partial charge on any atom is 0.330 e. The molecule has 0 atom stereocenters. The zero-order valence-electron chi connectivity index (χ0n) is 18.4. The monoisotopic (exact) mass is 426 g/mol. The highest BCUT2D eigenvalue weighted by Gasteiger charge is 2.23. The molecule has 31 heavy (non-hydrogen) atoms. The minimum atomic E-state index is -0.461. The van der Waals surface area contributed by atoms with Crippen molar-refractivity contribution in [2.24, 2.45) is 0 Å². The normalized spacial score (nSPS) is 10.8. The molecule has 0 aromatic heterocycles. The van der Waals surface area contributed by atoms with Gasteiger partial charge in [0, 0.05) is 17.9 Å². The third-order valence-electron chi connectivity index (χ3n) is 4.82. The number of hydrogen-bond acceptors (Lipinski definition) is 6. The Hall–Kier alpha value is -3.28. The lowest BCUT2D eigenvalue weighted by Gasteiger charge is -2.26. The number of carbonyl (C=O) groups excluding carboxylic acids is 2. The molecular weight excluding hydrogens is 396 g/mol. The summed E-state index contributed by atoms with van der Waals surface area (Å²) < 4.78 is 21.1.